The number of nitrogens with zero attached hydrogens (tertiary/aromatic N) is 10. The van der Waals surface area contributed by atoms with Crippen LogP contribution in [0.3, 0.4) is 0 Å². The molecule has 16 heteroatoms. The Morgan fingerprint density at radius 1 is 0.521 bits per heavy atom. The van der Waals surface area contributed by atoms with Crippen LogP contribution in [0.1, 0.15) is 146 Å². The zero-order valence-corrected chi connectivity index (χ0v) is 49.1. The third-order valence-corrected chi connectivity index (χ3v) is 12.3. The monoisotopic (exact) mass is 1030 g/mol. The number of benzene rings is 3. The maximum absolute atomic E-state index is 5.31. The van der Waals surface area contributed by atoms with E-state index in [1.807, 2.05) is 42.1 Å². The zero-order valence-electron chi connectivity index (χ0n) is 47.4. The molecule has 0 saturated carbocycles. The number of ether oxygens (including phenoxy) is 4. The van der Waals surface area contributed by atoms with Gasteiger partial charge in [0.2, 0.25) is 6.79 Å². The second kappa shape index (κ2) is 24.7. The number of thiazole rings is 2. The van der Waals surface area contributed by atoms with E-state index in [4.69, 9.17) is 18.9 Å². The van der Waals surface area contributed by atoms with Gasteiger partial charge in [-0.25, -0.2) is 9.97 Å². The summed E-state index contributed by atoms with van der Waals surface area (Å²) >= 11 is 3.35. The van der Waals surface area contributed by atoms with Gasteiger partial charge in [-0.15, -0.1) is 22.7 Å². The van der Waals surface area contributed by atoms with Crippen LogP contribution in [0, 0.1) is 6.92 Å². The van der Waals surface area contributed by atoms with Crippen molar-refractivity contribution >= 4 is 33.7 Å². The topological polar surface area (TPSA) is 142 Å². The molecule has 3 aromatic carbocycles. The van der Waals surface area contributed by atoms with Crippen LogP contribution in [0.5, 0.6) is 23.0 Å². The van der Waals surface area contributed by atoms with Crippen LogP contribution in [0.4, 0.5) is 0 Å². The Bertz CT molecular complexity index is 2780. The molecule has 14 nitrogen and oxygen atoms in total. The molecule has 0 bridgehead atoms. The van der Waals surface area contributed by atoms with E-state index in [1.165, 1.54) is 11.1 Å². The van der Waals surface area contributed by atoms with Gasteiger partial charge in [-0.3, -0.25) is 4.68 Å². The van der Waals surface area contributed by atoms with Crippen molar-refractivity contribution in [1.29, 1.82) is 0 Å². The Labute approximate surface area is 443 Å². The highest BCUT2D eigenvalue weighted by atomic mass is 32.1. The summed E-state index contributed by atoms with van der Waals surface area (Å²) < 4.78 is 23.0. The van der Waals surface area contributed by atoms with Crippen molar-refractivity contribution in [3.8, 4) is 33.7 Å². The molecular weight excluding hydrogens is 953 g/mol. The predicted octanol–water partition coefficient (Wildman–Crippen LogP) is 14.4. The summed E-state index contributed by atoms with van der Waals surface area (Å²) in [6.45, 7) is 40.9. The first-order valence-corrected chi connectivity index (χ1v) is 26.3. The van der Waals surface area contributed by atoms with Crippen LogP contribution in [0.25, 0.3) is 21.7 Å². The van der Waals surface area contributed by atoms with Crippen LogP contribution >= 0.6 is 22.7 Å². The molecule has 0 saturated heterocycles. The fraction of sp³-hybridized carbons (Fsp3) is 0.491. The number of aromatic nitrogens is 10. The molecule has 0 spiro atoms. The molecule has 73 heavy (non-hydrogen) atoms. The number of rotatable bonds is 3. The molecule has 1 aliphatic rings. The van der Waals surface area contributed by atoms with Gasteiger partial charge in [-0.05, 0) is 109 Å². The van der Waals surface area contributed by atoms with E-state index in [0.29, 0.717) is 23.7 Å². The van der Waals surface area contributed by atoms with Gasteiger partial charge in [-0.1, -0.05) is 98.7 Å². The first-order valence-electron chi connectivity index (χ1n) is 24.5. The lowest BCUT2D eigenvalue weighted by Crippen LogP contribution is -2.24. The smallest absolute Gasteiger partial charge is 0.231 e. The van der Waals surface area contributed by atoms with E-state index in [-0.39, 0.29) is 27.4 Å². The summed E-state index contributed by atoms with van der Waals surface area (Å²) in [4.78, 5) is 12.5. The van der Waals surface area contributed by atoms with Crippen molar-refractivity contribution in [3.63, 3.8) is 0 Å². The summed E-state index contributed by atoms with van der Waals surface area (Å²) in [7, 11) is 3.22. The summed E-state index contributed by atoms with van der Waals surface area (Å²) in [6.07, 6.45) is 7.14. The average molecular weight is 1040 g/mol. The van der Waals surface area contributed by atoms with Crippen molar-refractivity contribution in [1.82, 2.24) is 49.7 Å². The molecule has 0 fully saturated rings. The molecule has 8 aromatic rings. The average Bonchev–Trinajstić information content (AvgIpc) is 4.16. The molecule has 0 radical (unpaired) electrons. The second-order valence-electron chi connectivity index (χ2n) is 23.4. The highest BCUT2D eigenvalue weighted by Crippen LogP contribution is 2.36. The fourth-order valence-corrected chi connectivity index (χ4v) is 7.95. The molecule has 0 aliphatic carbocycles. The van der Waals surface area contributed by atoms with Gasteiger partial charge in [0.25, 0.3) is 0 Å². The number of hydrogen-bond donors (Lipinski definition) is 0. The second-order valence-corrected chi connectivity index (χ2v) is 25.4. The third-order valence-electron chi connectivity index (χ3n) is 10.7. The molecule has 9 rings (SSSR count). The SMILES string of the molecule is CC(C)(C)c1ccc2c(c1)OCO2.CC(C)(C)c1ccccc1.CC(C)(C)n1cccn1.CC(C)(C)n1nccn1.COc1cc2nn(C(C)(C)C)nc2cc1OC.Cc1nc(-c2nc(C(C)(C)C)cs2)cs1. The van der Waals surface area contributed by atoms with Gasteiger partial charge >= 0.3 is 0 Å². The van der Waals surface area contributed by atoms with E-state index in [9.17, 15) is 0 Å². The Hall–Kier alpha value is -6.13. The minimum Gasteiger partial charge on any atom is -0.493 e. The quantitative estimate of drug-likeness (QED) is 0.167. The molecule has 0 amide bonds. The Morgan fingerprint density at radius 2 is 1.07 bits per heavy atom. The maximum atomic E-state index is 5.31. The molecule has 0 unspecified atom stereocenters. The normalized spacial score (nSPS) is 12.3. The van der Waals surface area contributed by atoms with Crippen molar-refractivity contribution in [2.75, 3.05) is 21.0 Å². The highest BCUT2D eigenvalue weighted by Gasteiger charge is 2.22. The standard InChI is InChI=1S/C12H17N3O2.C11H14N2S2.C11H14O2.C10H14.C7H12N2.C6H11N3/c1-12(2,3)15-13-8-6-10(16-4)11(17-5)7-9(8)14-15;1-7-12-8(5-14-7)10-13-9(6-15-10)11(2,3)4;1-11(2,3)8-4-5-9-10(6-8)13-7-12-9;1-10(2,3)9-7-5-4-6-8-9;1-7(2,3)9-6-4-5-8-9;1-6(2,3)9-7-4-5-8-9/h6-7H,1-5H3;5-6H,1-4H3;4-6H,7H2,1-3H3;4-8H,1-3H3;4-6H,1-3H3;4-5H,1-3H3. The number of hydrogen-bond acceptors (Lipinski definition) is 13. The van der Waals surface area contributed by atoms with Crippen LogP contribution in [-0.2, 0) is 32.9 Å². The molecule has 396 valence electrons. The zero-order chi connectivity index (χ0) is 54.6. The van der Waals surface area contributed by atoms with Crippen LogP contribution in [0.15, 0.2) is 102 Å². The summed E-state index contributed by atoms with van der Waals surface area (Å²) in [5, 5.41) is 27.3. The summed E-state index contributed by atoms with van der Waals surface area (Å²) in [6, 6.07) is 22.3. The van der Waals surface area contributed by atoms with E-state index in [2.05, 4.69) is 213 Å². The van der Waals surface area contributed by atoms with Crippen LogP contribution in [0.2, 0.25) is 0 Å². The lowest BCUT2D eigenvalue weighted by Gasteiger charge is -2.18. The van der Waals surface area contributed by atoms with Gasteiger partial charge < -0.3 is 18.9 Å². The van der Waals surface area contributed by atoms with Gasteiger partial charge in [0.1, 0.15) is 21.7 Å². The molecule has 5 aromatic heterocycles. The number of fused-ring (bicyclic) bond motifs is 2. The fourth-order valence-electron chi connectivity index (χ4n) is 6.27. The predicted molar refractivity (Wildman–Crippen MR) is 301 cm³/mol. The molecular formula is C57H82N10O4S2. The lowest BCUT2D eigenvalue weighted by molar-refractivity contribution is 0.174. The van der Waals surface area contributed by atoms with Gasteiger partial charge in [0.05, 0.1) is 53.9 Å². The Balaban J connectivity index is 0.000000193. The van der Waals surface area contributed by atoms with E-state index >= 15 is 0 Å². The van der Waals surface area contributed by atoms with Crippen LogP contribution in [-0.4, -0.2) is 70.7 Å². The van der Waals surface area contributed by atoms with Crippen molar-refractivity contribution in [2.24, 2.45) is 0 Å². The van der Waals surface area contributed by atoms with E-state index in [1.54, 1.807) is 65.1 Å². The van der Waals surface area contributed by atoms with Gasteiger partial charge in [0, 0.05) is 40.7 Å². The molecule has 1 aliphatic heterocycles. The molecule has 0 atom stereocenters. The van der Waals surface area contributed by atoms with E-state index in [0.717, 1.165) is 43.9 Å². The maximum Gasteiger partial charge on any atom is 0.231 e. The first kappa shape index (κ1) is 59.4. The first-order chi connectivity index (χ1) is 33.8. The molecule has 0 N–H and O–H groups in total. The van der Waals surface area contributed by atoms with Gasteiger partial charge in [0.15, 0.2) is 23.0 Å². The van der Waals surface area contributed by atoms with Crippen molar-refractivity contribution < 1.29 is 18.9 Å². The van der Waals surface area contributed by atoms with Crippen LogP contribution < -0.4 is 18.9 Å². The number of aryl methyl sites for hydroxylation is 1. The van der Waals surface area contributed by atoms with Crippen molar-refractivity contribution in [2.45, 2.75) is 164 Å². The number of methoxy groups -OCH3 is 2. The highest BCUT2D eigenvalue weighted by molar-refractivity contribution is 7.14. The summed E-state index contributed by atoms with van der Waals surface area (Å²) in [5.41, 5.74) is 7.03. The minimum atomic E-state index is -0.139. The summed E-state index contributed by atoms with van der Waals surface area (Å²) in [5.74, 6) is 3.06. The Kier molecular flexibility index (Phi) is 20.1. The lowest BCUT2D eigenvalue weighted by atomic mass is 9.87. The largest absolute Gasteiger partial charge is 0.493 e. The van der Waals surface area contributed by atoms with E-state index < -0.39 is 0 Å². The Morgan fingerprint density at radius 3 is 1.45 bits per heavy atom. The van der Waals surface area contributed by atoms with Gasteiger partial charge in [-0.2, -0.15) is 35.1 Å². The minimum absolute atomic E-state index is 0.0174. The third kappa shape index (κ3) is 18.4. The molecule has 6 heterocycles. The van der Waals surface area contributed by atoms with Crippen molar-refractivity contribution in [3.05, 3.63) is 124 Å².